The maximum Gasteiger partial charge on any atom is 0.0607 e. The van der Waals surface area contributed by atoms with Gasteiger partial charge in [0, 0.05) is 32.7 Å². The summed E-state index contributed by atoms with van der Waals surface area (Å²) in [7, 11) is 2.15. The second-order valence-corrected chi connectivity index (χ2v) is 4.40. The zero-order chi connectivity index (χ0) is 11.5. The van der Waals surface area contributed by atoms with E-state index >= 15 is 0 Å². The molecule has 2 rings (SSSR count). The van der Waals surface area contributed by atoms with Crippen LogP contribution in [0.1, 0.15) is 13.3 Å². The van der Waals surface area contributed by atoms with Gasteiger partial charge in [0.05, 0.1) is 11.4 Å². The number of nitrogens with zero attached hydrogens (tertiary/aromatic N) is 2. The van der Waals surface area contributed by atoms with Crippen molar-refractivity contribution in [1.29, 1.82) is 0 Å². The molecule has 1 heterocycles. The zero-order valence-corrected chi connectivity index (χ0v) is 10.2. The van der Waals surface area contributed by atoms with E-state index in [9.17, 15) is 0 Å². The number of hydrogen-bond acceptors (Lipinski definition) is 3. The number of nitrogens with two attached hydrogens (primary N) is 1. The van der Waals surface area contributed by atoms with E-state index < -0.39 is 0 Å². The van der Waals surface area contributed by atoms with Crippen LogP contribution in [-0.4, -0.2) is 32.7 Å². The van der Waals surface area contributed by atoms with Gasteiger partial charge in [-0.05, 0) is 18.6 Å². The Morgan fingerprint density at radius 3 is 2.56 bits per heavy atom. The summed E-state index contributed by atoms with van der Waals surface area (Å²) in [5.74, 6) is 0. The molecule has 1 atom stereocenters. The highest BCUT2D eigenvalue weighted by atomic mass is 15.3. The topological polar surface area (TPSA) is 32.5 Å². The lowest BCUT2D eigenvalue weighted by Crippen LogP contribution is -2.47. The highest BCUT2D eigenvalue weighted by molar-refractivity contribution is 5.73. The monoisotopic (exact) mass is 219 g/mol. The van der Waals surface area contributed by atoms with E-state index in [0.29, 0.717) is 6.04 Å². The molecule has 2 N–H and O–H groups in total. The number of benzene rings is 1. The van der Waals surface area contributed by atoms with Crippen LogP contribution in [-0.2, 0) is 0 Å². The molecule has 0 amide bonds. The quantitative estimate of drug-likeness (QED) is 0.839. The summed E-state index contributed by atoms with van der Waals surface area (Å²) in [6, 6.07) is 9.06. The molecule has 0 bridgehead atoms. The van der Waals surface area contributed by atoms with Crippen molar-refractivity contribution >= 4 is 11.4 Å². The first-order chi connectivity index (χ1) is 7.77. The van der Waals surface area contributed by atoms with E-state index in [1.165, 1.54) is 11.4 Å². The van der Waals surface area contributed by atoms with Crippen LogP contribution >= 0.6 is 0 Å². The third-order valence-corrected chi connectivity index (χ3v) is 3.46. The third kappa shape index (κ3) is 1.87. The van der Waals surface area contributed by atoms with Gasteiger partial charge in [-0.1, -0.05) is 19.1 Å². The summed E-state index contributed by atoms with van der Waals surface area (Å²) in [5, 5.41) is 0. The average molecular weight is 219 g/mol. The van der Waals surface area contributed by atoms with Gasteiger partial charge < -0.3 is 15.5 Å². The van der Waals surface area contributed by atoms with E-state index in [4.69, 9.17) is 5.73 Å². The fourth-order valence-corrected chi connectivity index (χ4v) is 2.42. The first kappa shape index (κ1) is 11.3. The van der Waals surface area contributed by atoms with E-state index in [1.54, 1.807) is 0 Å². The number of fused-ring (bicyclic) bond motifs is 1. The lowest BCUT2D eigenvalue weighted by atomic mass is 10.1. The molecule has 0 spiro atoms. The molecule has 1 aliphatic heterocycles. The van der Waals surface area contributed by atoms with Crippen LogP contribution in [0.3, 0.4) is 0 Å². The smallest absolute Gasteiger partial charge is 0.0607 e. The maximum atomic E-state index is 5.85. The molecule has 0 aromatic heterocycles. The molecule has 0 aliphatic carbocycles. The Labute approximate surface area is 97.8 Å². The van der Waals surface area contributed by atoms with E-state index in [0.717, 1.165) is 26.1 Å². The summed E-state index contributed by atoms with van der Waals surface area (Å²) in [4.78, 5) is 4.77. The van der Waals surface area contributed by atoms with Gasteiger partial charge in [-0.2, -0.15) is 0 Å². The lowest BCUT2D eigenvalue weighted by molar-refractivity contribution is 0.569. The van der Waals surface area contributed by atoms with Crippen molar-refractivity contribution < 1.29 is 0 Å². The summed E-state index contributed by atoms with van der Waals surface area (Å²) in [6.07, 6.45) is 1.11. The number of rotatable bonds is 3. The molecule has 1 aromatic carbocycles. The summed E-state index contributed by atoms with van der Waals surface area (Å²) >= 11 is 0. The van der Waals surface area contributed by atoms with Gasteiger partial charge in [0.1, 0.15) is 0 Å². The van der Waals surface area contributed by atoms with Crippen molar-refractivity contribution in [2.24, 2.45) is 5.73 Å². The maximum absolute atomic E-state index is 5.85. The van der Waals surface area contributed by atoms with Crippen LogP contribution in [0.25, 0.3) is 0 Å². The van der Waals surface area contributed by atoms with Gasteiger partial charge in [-0.25, -0.2) is 0 Å². The van der Waals surface area contributed by atoms with Crippen molar-refractivity contribution in [1.82, 2.24) is 0 Å². The standard InChI is InChI=1S/C13H21N3/c1-3-11(10-14)16-9-8-15(2)12-6-4-5-7-13(12)16/h4-7,11H,3,8-10,14H2,1-2H3. The number of anilines is 2. The van der Waals surface area contributed by atoms with Gasteiger partial charge in [0.15, 0.2) is 0 Å². The number of likely N-dealkylation sites (N-methyl/N-ethyl adjacent to an activating group) is 1. The van der Waals surface area contributed by atoms with Gasteiger partial charge in [-0.3, -0.25) is 0 Å². The third-order valence-electron chi connectivity index (χ3n) is 3.46. The number of para-hydroxylation sites is 2. The molecule has 1 aromatic rings. The van der Waals surface area contributed by atoms with Crippen molar-refractivity contribution in [3.63, 3.8) is 0 Å². The number of hydrogen-bond donors (Lipinski definition) is 1. The highest BCUT2D eigenvalue weighted by Gasteiger charge is 2.23. The molecule has 88 valence electrons. The Hall–Kier alpha value is -1.22. The van der Waals surface area contributed by atoms with Crippen LogP contribution in [0.4, 0.5) is 11.4 Å². The molecule has 16 heavy (non-hydrogen) atoms. The minimum absolute atomic E-state index is 0.467. The van der Waals surface area contributed by atoms with Crippen LogP contribution in [0.2, 0.25) is 0 Å². The van der Waals surface area contributed by atoms with Crippen molar-refractivity contribution in [3.8, 4) is 0 Å². The summed E-state index contributed by atoms with van der Waals surface area (Å²) in [6.45, 7) is 5.09. The van der Waals surface area contributed by atoms with Crippen LogP contribution < -0.4 is 15.5 Å². The second kappa shape index (κ2) is 4.74. The Morgan fingerprint density at radius 2 is 1.94 bits per heavy atom. The van der Waals surface area contributed by atoms with Gasteiger partial charge in [0.2, 0.25) is 0 Å². The molecule has 3 nitrogen and oxygen atoms in total. The van der Waals surface area contributed by atoms with Gasteiger partial charge in [0.25, 0.3) is 0 Å². The van der Waals surface area contributed by atoms with Gasteiger partial charge in [-0.15, -0.1) is 0 Å². The van der Waals surface area contributed by atoms with E-state index in [-0.39, 0.29) is 0 Å². The first-order valence-electron chi connectivity index (χ1n) is 6.04. The van der Waals surface area contributed by atoms with Crippen LogP contribution in [0.5, 0.6) is 0 Å². The second-order valence-electron chi connectivity index (χ2n) is 4.40. The van der Waals surface area contributed by atoms with Gasteiger partial charge >= 0.3 is 0 Å². The Bertz CT molecular complexity index is 347. The molecule has 0 saturated carbocycles. The molecular formula is C13H21N3. The molecule has 0 saturated heterocycles. The molecule has 0 radical (unpaired) electrons. The Balaban J connectivity index is 2.34. The molecule has 3 heteroatoms. The summed E-state index contributed by atoms with van der Waals surface area (Å²) < 4.78 is 0. The van der Waals surface area contributed by atoms with Crippen molar-refractivity contribution in [2.45, 2.75) is 19.4 Å². The Morgan fingerprint density at radius 1 is 1.25 bits per heavy atom. The first-order valence-corrected chi connectivity index (χ1v) is 6.04. The van der Waals surface area contributed by atoms with E-state index in [1.807, 2.05) is 0 Å². The minimum Gasteiger partial charge on any atom is -0.371 e. The zero-order valence-electron chi connectivity index (χ0n) is 10.2. The fraction of sp³-hybridized carbons (Fsp3) is 0.538. The molecule has 1 aliphatic rings. The normalized spacial score (nSPS) is 17.2. The SMILES string of the molecule is CCC(CN)N1CCN(C)c2ccccc21. The Kier molecular flexibility index (Phi) is 3.34. The molecule has 1 unspecified atom stereocenters. The lowest BCUT2D eigenvalue weighted by Gasteiger charge is -2.41. The largest absolute Gasteiger partial charge is 0.371 e. The van der Waals surface area contributed by atoms with Crippen molar-refractivity contribution in [3.05, 3.63) is 24.3 Å². The fourth-order valence-electron chi connectivity index (χ4n) is 2.42. The summed E-state index contributed by atoms with van der Waals surface area (Å²) in [5.41, 5.74) is 8.50. The van der Waals surface area contributed by atoms with Crippen molar-refractivity contribution in [2.75, 3.05) is 36.5 Å². The van der Waals surface area contributed by atoms with Crippen LogP contribution in [0, 0.1) is 0 Å². The predicted octanol–water partition coefficient (Wildman–Crippen LogP) is 1.68. The highest BCUT2D eigenvalue weighted by Crippen LogP contribution is 2.33. The predicted molar refractivity (Wildman–Crippen MR) is 70.2 cm³/mol. The van der Waals surface area contributed by atoms with Crippen LogP contribution in [0.15, 0.2) is 24.3 Å². The minimum atomic E-state index is 0.467. The van der Waals surface area contributed by atoms with E-state index in [2.05, 4.69) is 48.0 Å². The molecular weight excluding hydrogens is 198 g/mol. The molecule has 0 fully saturated rings. The average Bonchev–Trinajstić information content (AvgIpc) is 2.34.